The second-order valence-electron chi connectivity index (χ2n) is 4.26. The molecule has 16 heavy (non-hydrogen) atoms. The number of aryl methyl sites for hydroxylation is 1. The number of hydrogen-bond donors (Lipinski definition) is 0. The SMILES string of the molecule is COc1ccc(CCC(Br)C(C)C)c(F)c1. The van der Waals surface area contributed by atoms with E-state index in [-0.39, 0.29) is 5.82 Å². The van der Waals surface area contributed by atoms with E-state index in [1.54, 1.807) is 19.2 Å². The molecule has 0 saturated carbocycles. The summed E-state index contributed by atoms with van der Waals surface area (Å²) < 4.78 is 18.6. The molecule has 0 heterocycles. The van der Waals surface area contributed by atoms with Crippen molar-refractivity contribution in [2.45, 2.75) is 31.5 Å². The summed E-state index contributed by atoms with van der Waals surface area (Å²) in [6.07, 6.45) is 1.70. The minimum atomic E-state index is -0.178. The molecule has 1 nitrogen and oxygen atoms in total. The molecule has 0 bridgehead atoms. The Morgan fingerprint density at radius 2 is 2.06 bits per heavy atom. The molecule has 3 heteroatoms. The highest BCUT2D eigenvalue weighted by atomic mass is 79.9. The molecule has 90 valence electrons. The van der Waals surface area contributed by atoms with Crippen LogP contribution in [0.3, 0.4) is 0 Å². The largest absolute Gasteiger partial charge is 0.497 e. The topological polar surface area (TPSA) is 9.23 Å². The van der Waals surface area contributed by atoms with Gasteiger partial charge in [0.05, 0.1) is 7.11 Å². The highest BCUT2D eigenvalue weighted by Crippen LogP contribution is 2.22. The van der Waals surface area contributed by atoms with Gasteiger partial charge in [0.15, 0.2) is 0 Å². The Balaban J connectivity index is 2.61. The maximum Gasteiger partial charge on any atom is 0.130 e. The van der Waals surface area contributed by atoms with Gasteiger partial charge in [-0.05, 0) is 30.4 Å². The van der Waals surface area contributed by atoms with Crippen molar-refractivity contribution < 1.29 is 9.13 Å². The third-order valence-corrected chi connectivity index (χ3v) is 4.19. The van der Waals surface area contributed by atoms with Crippen LogP contribution in [0.2, 0.25) is 0 Å². The molecule has 0 aliphatic heterocycles. The standard InChI is InChI=1S/C13H18BrFO/c1-9(2)12(14)7-5-10-4-6-11(16-3)8-13(10)15/h4,6,8-9,12H,5,7H2,1-3H3. The van der Waals surface area contributed by atoms with Gasteiger partial charge in [0.2, 0.25) is 0 Å². The Morgan fingerprint density at radius 1 is 1.38 bits per heavy atom. The molecule has 0 aliphatic carbocycles. The van der Waals surface area contributed by atoms with Gasteiger partial charge in [-0.1, -0.05) is 35.8 Å². The van der Waals surface area contributed by atoms with Gasteiger partial charge in [-0.3, -0.25) is 0 Å². The summed E-state index contributed by atoms with van der Waals surface area (Å²) in [6, 6.07) is 5.04. The van der Waals surface area contributed by atoms with Crippen molar-refractivity contribution in [3.05, 3.63) is 29.6 Å². The zero-order valence-electron chi connectivity index (χ0n) is 9.97. The van der Waals surface area contributed by atoms with E-state index in [1.807, 2.05) is 0 Å². The van der Waals surface area contributed by atoms with Crippen LogP contribution < -0.4 is 4.74 Å². The summed E-state index contributed by atoms with van der Waals surface area (Å²) in [6.45, 7) is 4.31. The number of alkyl halides is 1. The number of ether oxygens (including phenoxy) is 1. The van der Waals surface area contributed by atoms with Gasteiger partial charge in [0.1, 0.15) is 11.6 Å². The molecule has 1 aromatic carbocycles. The van der Waals surface area contributed by atoms with Crippen molar-refractivity contribution in [3.63, 3.8) is 0 Å². The minimum Gasteiger partial charge on any atom is -0.497 e. The van der Waals surface area contributed by atoms with E-state index in [4.69, 9.17) is 4.74 Å². The van der Waals surface area contributed by atoms with Crippen LogP contribution in [0, 0.1) is 11.7 Å². The molecule has 0 aromatic heterocycles. The van der Waals surface area contributed by atoms with Crippen LogP contribution in [0.15, 0.2) is 18.2 Å². The summed E-state index contributed by atoms with van der Waals surface area (Å²) >= 11 is 3.61. The van der Waals surface area contributed by atoms with Crippen LogP contribution in [-0.2, 0) is 6.42 Å². The van der Waals surface area contributed by atoms with Crippen LogP contribution in [0.1, 0.15) is 25.8 Å². The van der Waals surface area contributed by atoms with Crippen LogP contribution in [-0.4, -0.2) is 11.9 Å². The molecule has 0 spiro atoms. The third kappa shape index (κ3) is 3.78. The molecule has 0 N–H and O–H groups in total. The van der Waals surface area contributed by atoms with E-state index >= 15 is 0 Å². The first-order chi connectivity index (χ1) is 7.54. The Hall–Kier alpha value is -0.570. The summed E-state index contributed by atoms with van der Waals surface area (Å²) in [5.41, 5.74) is 0.755. The van der Waals surface area contributed by atoms with E-state index in [2.05, 4.69) is 29.8 Å². The monoisotopic (exact) mass is 288 g/mol. The van der Waals surface area contributed by atoms with Crippen molar-refractivity contribution in [2.75, 3.05) is 7.11 Å². The summed E-state index contributed by atoms with van der Waals surface area (Å²) in [4.78, 5) is 0.439. The second kappa shape index (κ2) is 6.24. The Morgan fingerprint density at radius 3 is 2.56 bits per heavy atom. The third-order valence-electron chi connectivity index (χ3n) is 2.67. The average molecular weight is 289 g/mol. The van der Waals surface area contributed by atoms with E-state index in [0.717, 1.165) is 18.4 Å². The first kappa shape index (κ1) is 13.5. The molecule has 0 fully saturated rings. The lowest BCUT2D eigenvalue weighted by atomic mass is 10.0. The molecule has 1 unspecified atom stereocenters. The van der Waals surface area contributed by atoms with Crippen molar-refractivity contribution in [3.8, 4) is 5.75 Å². The van der Waals surface area contributed by atoms with Crippen molar-refractivity contribution in [1.29, 1.82) is 0 Å². The van der Waals surface area contributed by atoms with Crippen LogP contribution in [0.4, 0.5) is 4.39 Å². The maximum absolute atomic E-state index is 13.6. The molecular formula is C13H18BrFO. The first-order valence-corrected chi connectivity index (χ1v) is 6.42. The summed E-state index contributed by atoms with van der Waals surface area (Å²) in [7, 11) is 1.54. The zero-order valence-corrected chi connectivity index (χ0v) is 11.6. The van der Waals surface area contributed by atoms with Gasteiger partial charge in [-0.15, -0.1) is 0 Å². The average Bonchev–Trinajstić information content (AvgIpc) is 2.26. The van der Waals surface area contributed by atoms with E-state index in [9.17, 15) is 4.39 Å². The van der Waals surface area contributed by atoms with Gasteiger partial charge in [-0.25, -0.2) is 4.39 Å². The predicted molar refractivity (Wildman–Crippen MR) is 68.8 cm³/mol. The van der Waals surface area contributed by atoms with E-state index in [0.29, 0.717) is 16.5 Å². The zero-order chi connectivity index (χ0) is 12.1. The number of rotatable bonds is 5. The Bertz CT molecular complexity index is 339. The summed E-state index contributed by atoms with van der Waals surface area (Å²) in [5, 5.41) is 0. The van der Waals surface area contributed by atoms with Crippen LogP contribution in [0.5, 0.6) is 5.75 Å². The number of benzene rings is 1. The van der Waals surface area contributed by atoms with Gasteiger partial charge in [-0.2, -0.15) is 0 Å². The van der Waals surface area contributed by atoms with Crippen LogP contribution in [0.25, 0.3) is 0 Å². The Kier molecular flexibility index (Phi) is 5.26. The fourth-order valence-corrected chi connectivity index (χ4v) is 1.71. The van der Waals surface area contributed by atoms with Gasteiger partial charge >= 0.3 is 0 Å². The van der Waals surface area contributed by atoms with E-state index < -0.39 is 0 Å². The highest BCUT2D eigenvalue weighted by Gasteiger charge is 2.11. The van der Waals surface area contributed by atoms with Crippen molar-refractivity contribution >= 4 is 15.9 Å². The predicted octanol–water partition coefficient (Wildman–Crippen LogP) is 4.19. The molecule has 0 radical (unpaired) electrons. The smallest absolute Gasteiger partial charge is 0.130 e. The lowest BCUT2D eigenvalue weighted by Crippen LogP contribution is -2.08. The lowest BCUT2D eigenvalue weighted by molar-refractivity contribution is 0.410. The summed E-state index contributed by atoms with van der Waals surface area (Å²) in [5.74, 6) is 0.963. The molecule has 0 aliphatic rings. The molecule has 1 atom stereocenters. The van der Waals surface area contributed by atoms with Gasteiger partial charge < -0.3 is 4.74 Å². The molecule has 1 aromatic rings. The fourth-order valence-electron chi connectivity index (χ4n) is 1.48. The van der Waals surface area contributed by atoms with Gasteiger partial charge in [0, 0.05) is 10.9 Å². The molecule has 1 rings (SSSR count). The highest BCUT2D eigenvalue weighted by molar-refractivity contribution is 9.09. The molecule has 0 saturated heterocycles. The number of halogens is 2. The molecular weight excluding hydrogens is 271 g/mol. The van der Waals surface area contributed by atoms with Gasteiger partial charge in [0.25, 0.3) is 0 Å². The number of hydrogen-bond acceptors (Lipinski definition) is 1. The normalized spacial score (nSPS) is 12.9. The molecule has 0 amide bonds. The lowest BCUT2D eigenvalue weighted by Gasteiger charge is -2.13. The minimum absolute atomic E-state index is 0.178. The maximum atomic E-state index is 13.6. The van der Waals surface area contributed by atoms with E-state index in [1.165, 1.54) is 6.07 Å². The van der Waals surface area contributed by atoms with Crippen LogP contribution >= 0.6 is 15.9 Å². The second-order valence-corrected chi connectivity index (χ2v) is 5.43. The first-order valence-electron chi connectivity index (χ1n) is 5.51. The van der Waals surface area contributed by atoms with Crippen molar-refractivity contribution in [2.24, 2.45) is 5.92 Å². The quantitative estimate of drug-likeness (QED) is 0.739. The van der Waals surface area contributed by atoms with Crippen molar-refractivity contribution in [1.82, 2.24) is 0 Å². The Labute approximate surface area is 105 Å². The fraction of sp³-hybridized carbons (Fsp3) is 0.538. The number of methoxy groups -OCH3 is 1.